The van der Waals surface area contributed by atoms with Crippen LogP contribution in [0.1, 0.15) is 39.5 Å². The van der Waals surface area contributed by atoms with Gasteiger partial charge in [0, 0.05) is 12.6 Å². The maximum absolute atomic E-state index is 12.1. The molecule has 1 amide bonds. The van der Waals surface area contributed by atoms with Crippen molar-refractivity contribution >= 4 is 11.9 Å². The number of carboxylic acids is 1. The predicted molar refractivity (Wildman–Crippen MR) is 67.2 cm³/mol. The highest BCUT2D eigenvalue weighted by atomic mass is 16.5. The second kappa shape index (κ2) is 7.36. The maximum atomic E-state index is 12.1. The molecule has 3 unspecified atom stereocenters. The van der Waals surface area contributed by atoms with Crippen LogP contribution in [0.2, 0.25) is 0 Å². The molecular formula is C13H23NO4. The molecule has 1 aliphatic rings. The van der Waals surface area contributed by atoms with Crippen molar-refractivity contribution in [2.24, 2.45) is 11.8 Å². The normalized spacial score (nSPS) is 25.4. The Balaban J connectivity index is 2.50. The summed E-state index contributed by atoms with van der Waals surface area (Å²) in [6.45, 7) is 4.84. The summed E-state index contributed by atoms with van der Waals surface area (Å²) in [4.78, 5) is 23.2. The molecule has 104 valence electrons. The number of nitrogens with one attached hydrogen (secondary N) is 1. The lowest BCUT2D eigenvalue weighted by Crippen LogP contribution is -2.44. The highest BCUT2D eigenvalue weighted by molar-refractivity contribution is 5.85. The fourth-order valence-electron chi connectivity index (χ4n) is 2.43. The van der Waals surface area contributed by atoms with E-state index < -0.39 is 11.9 Å². The Morgan fingerprint density at radius 2 is 1.94 bits per heavy atom. The smallest absolute Gasteiger partial charge is 0.307 e. The number of ether oxygens (including phenoxy) is 1. The van der Waals surface area contributed by atoms with Gasteiger partial charge in [-0.25, -0.2) is 0 Å². The maximum Gasteiger partial charge on any atom is 0.307 e. The van der Waals surface area contributed by atoms with Crippen LogP contribution < -0.4 is 5.32 Å². The van der Waals surface area contributed by atoms with Gasteiger partial charge in [0.1, 0.15) is 0 Å². The first-order valence-corrected chi connectivity index (χ1v) is 6.67. The Labute approximate surface area is 108 Å². The Bertz CT molecular complexity index is 293. The Hall–Kier alpha value is -1.10. The van der Waals surface area contributed by atoms with Gasteiger partial charge in [0.2, 0.25) is 5.91 Å². The minimum atomic E-state index is -0.854. The quantitative estimate of drug-likeness (QED) is 0.754. The van der Waals surface area contributed by atoms with Gasteiger partial charge >= 0.3 is 5.97 Å². The topological polar surface area (TPSA) is 75.6 Å². The highest BCUT2D eigenvalue weighted by Crippen LogP contribution is 2.30. The molecule has 1 rings (SSSR count). The summed E-state index contributed by atoms with van der Waals surface area (Å²) in [5.74, 6) is -1.92. The number of carbonyl (C=O) groups excluding carboxylic acids is 1. The van der Waals surface area contributed by atoms with Crippen LogP contribution >= 0.6 is 0 Å². The fraction of sp³-hybridized carbons (Fsp3) is 0.846. The number of amides is 1. The van der Waals surface area contributed by atoms with Crippen molar-refractivity contribution in [3.63, 3.8) is 0 Å². The molecule has 0 heterocycles. The van der Waals surface area contributed by atoms with E-state index in [1.807, 2.05) is 13.8 Å². The van der Waals surface area contributed by atoms with E-state index in [9.17, 15) is 9.59 Å². The van der Waals surface area contributed by atoms with Gasteiger partial charge in [-0.05, 0) is 26.7 Å². The lowest BCUT2D eigenvalue weighted by atomic mass is 9.78. The number of rotatable bonds is 6. The molecule has 2 N–H and O–H groups in total. The zero-order valence-electron chi connectivity index (χ0n) is 11.1. The highest BCUT2D eigenvalue weighted by Gasteiger charge is 2.35. The predicted octanol–water partition coefficient (Wildman–Crippen LogP) is 1.42. The third-order valence-corrected chi connectivity index (χ3v) is 3.38. The zero-order chi connectivity index (χ0) is 13.5. The van der Waals surface area contributed by atoms with Crippen molar-refractivity contribution in [2.45, 2.75) is 45.6 Å². The Morgan fingerprint density at radius 3 is 2.50 bits per heavy atom. The molecule has 0 radical (unpaired) electrons. The average molecular weight is 257 g/mol. The molecule has 5 heteroatoms. The van der Waals surface area contributed by atoms with E-state index in [0.717, 1.165) is 12.8 Å². The van der Waals surface area contributed by atoms with Gasteiger partial charge < -0.3 is 15.2 Å². The second-order valence-electron chi connectivity index (χ2n) is 4.90. The van der Waals surface area contributed by atoms with Crippen LogP contribution in [-0.4, -0.2) is 36.2 Å². The number of aliphatic carboxylic acids is 1. The minimum absolute atomic E-state index is 0.0752. The first-order chi connectivity index (χ1) is 8.56. The van der Waals surface area contributed by atoms with Crippen LogP contribution in [0.25, 0.3) is 0 Å². The van der Waals surface area contributed by atoms with Crippen molar-refractivity contribution in [3.05, 3.63) is 0 Å². The average Bonchev–Trinajstić information content (AvgIpc) is 2.36. The van der Waals surface area contributed by atoms with Crippen molar-refractivity contribution in [1.82, 2.24) is 5.32 Å². The van der Waals surface area contributed by atoms with Crippen molar-refractivity contribution in [3.8, 4) is 0 Å². The van der Waals surface area contributed by atoms with Crippen LogP contribution in [0, 0.1) is 11.8 Å². The molecular weight excluding hydrogens is 234 g/mol. The lowest BCUT2D eigenvalue weighted by Gasteiger charge is -2.28. The first kappa shape index (κ1) is 15.0. The van der Waals surface area contributed by atoms with Gasteiger partial charge in [0.25, 0.3) is 0 Å². The Kier molecular flexibility index (Phi) is 6.12. The van der Waals surface area contributed by atoms with E-state index in [2.05, 4.69) is 5.32 Å². The summed E-state index contributed by atoms with van der Waals surface area (Å²) in [5, 5.41) is 12.0. The van der Waals surface area contributed by atoms with Gasteiger partial charge in [-0.3, -0.25) is 9.59 Å². The summed E-state index contributed by atoms with van der Waals surface area (Å²) >= 11 is 0. The zero-order valence-corrected chi connectivity index (χ0v) is 11.1. The third-order valence-electron chi connectivity index (χ3n) is 3.38. The van der Waals surface area contributed by atoms with Crippen molar-refractivity contribution in [2.75, 3.05) is 13.2 Å². The molecule has 1 fully saturated rings. The first-order valence-electron chi connectivity index (χ1n) is 6.67. The molecule has 0 bridgehead atoms. The lowest BCUT2D eigenvalue weighted by molar-refractivity contribution is -0.149. The molecule has 0 aliphatic heterocycles. The van der Waals surface area contributed by atoms with E-state index in [1.165, 1.54) is 0 Å². The summed E-state index contributed by atoms with van der Waals surface area (Å²) < 4.78 is 5.23. The third kappa shape index (κ3) is 4.29. The van der Waals surface area contributed by atoms with E-state index in [1.54, 1.807) is 0 Å². The van der Waals surface area contributed by atoms with Crippen LogP contribution in [0.4, 0.5) is 0 Å². The van der Waals surface area contributed by atoms with Gasteiger partial charge in [-0.1, -0.05) is 12.8 Å². The van der Waals surface area contributed by atoms with Crippen LogP contribution in [-0.2, 0) is 14.3 Å². The molecule has 3 atom stereocenters. The SMILES string of the molecule is CCOCC(C)NC(=O)C1CCCCC1C(=O)O. The number of hydrogen-bond donors (Lipinski definition) is 2. The Morgan fingerprint density at radius 1 is 1.33 bits per heavy atom. The number of hydrogen-bond acceptors (Lipinski definition) is 3. The number of carbonyl (C=O) groups is 2. The van der Waals surface area contributed by atoms with E-state index in [-0.39, 0.29) is 17.9 Å². The molecule has 0 spiro atoms. The van der Waals surface area contributed by atoms with Gasteiger partial charge in [-0.15, -0.1) is 0 Å². The van der Waals surface area contributed by atoms with E-state index >= 15 is 0 Å². The molecule has 0 saturated heterocycles. The van der Waals surface area contributed by atoms with Gasteiger partial charge in [-0.2, -0.15) is 0 Å². The molecule has 0 aromatic rings. The van der Waals surface area contributed by atoms with Crippen LogP contribution in [0.3, 0.4) is 0 Å². The standard InChI is InChI=1S/C13H23NO4/c1-3-18-8-9(2)14-12(15)10-6-4-5-7-11(10)13(16)17/h9-11H,3-8H2,1-2H3,(H,14,15)(H,16,17). The van der Waals surface area contributed by atoms with E-state index in [4.69, 9.17) is 9.84 Å². The van der Waals surface area contributed by atoms with Gasteiger partial charge in [0.05, 0.1) is 18.4 Å². The number of carboxylic acid groups (broad SMARTS) is 1. The molecule has 18 heavy (non-hydrogen) atoms. The molecule has 0 aromatic heterocycles. The van der Waals surface area contributed by atoms with Gasteiger partial charge in [0.15, 0.2) is 0 Å². The minimum Gasteiger partial charge on any atom is -0.481 e. The summed E-state index contributed by atoms with van der Waals surface area (Å²) in [6, 6.07) is -0.0752. The van der Waals surface area contributed by atoms with E-state index in [0.29, 0.717) is 26.1 Å². The van der Waals surface area contributed by atoms with Crippen LogP contribution in [0.15, 0.2) is 0 Å². The molecule has 1 saturated carbocycles. The largest absolute Gasteiger partial charge is 0.481 e. The fourth-order valence-corrected chi connectivity index (χ4v) is 2.43. The molecule has 0 aromatic carbocycles. The monoisotopic (exact) mass is 257 g/mol. The summed E-state index contributed by atoms with van der Waals surface area (Å²) in [6.07, 6.45) is 3.11. The van der Waals surface area contributed by atoms with Crippen molar-refractivity contribution in [1.29, 1.82) is 0 Å². The second-order valence-corrected chi connectivity index (χ2v) is 4.90. The summed E-state index contributed by atoms with van der Waals surface area (Å²) in [5.41, 5.74) is 0. The molecule has 5 nitrogen and oxygen atoms in total. The summed E-state index contributed by atoms with van der Waals surface area (Å²) in [7, 11) is 0. The van der Waals surface area contributed by atoms with Crippen LogP contribution in [0.5, 0.6) is 0 Å². The molecule has 1 aliphatic carbocycles. The van der Waals surface area contributed by atoms with Crippen molar-refractivity contribution < 1.29 is 19.4 Å².